The van der Waals surface area contributed by atoms with Gasteiger partial charge in [-0.15, -0.1) is 0 Å². The van der Waals surface area contributed by atoms with Crippen molar-refractivity contribution < 1.29 is 5.11 Å². The first-order valence-corrected chi connectivity index (χ1v) is 7.45. The van der Waals surface area contributed by atoms with Crippen LogP contribution in [0.2, 0.25) is 0 Å². The van der Waals surface area contributed by atoms with Crippen molar-refractivity contribution in [2.24, 2.45) is 40.4 Å². The van der Waals surface area contributed by atoms with Crippen molar-refractivity contribution >= 4 is 0 Å². The van der Waals surface area contributed by atoms with Gasteiger partial charge >= 0.3 is 0 Å². The summed E-state index contributed by atoms with van der Waals surface area (Å²) in [5, 5.41) is 10.7. The van der Waals surface area contributed by atoms with Crippen LogP contribution in [0.1, 0.15) is 53.9 Å². The summed E-state index contributed by atoms with van der Waals surface area (Å²) < 4.78 is 0. The lowest BCUT2D eigenvalue weighted by Gasteiger charge is -2.38. The lowest BCUT2D eigenvalue weighted by molar-refractivity contribution is 0.0562. The Labute approximate surface area is 106 Å². The number of aliphatic hydroxyl groups is 1. The summed E-state index contributed by atoms with van der Waals surface area (Å²) in [6.45, 7) is 12.1. The molecule has 7 atom stereocenters. The monoisotopic (exact) mass is 236 g/mol. The van der Waals surface area contributed by atoms with E-state index in [0.717, 1.165) is 17.8 Å². The Morgan fingerprint density at radius 2 is 1.65 bits per heavy atom. The fourth-order valence-corrected chi connectivity index (χ4v) is 5.88. The zero-order valence-corrected chi connectivity index (χ0v) is 12.0. The van der Waals surface area contributed by atoms with Crippen LogP contribution in [0.5, 0.6) is 0 Å². The number of hydrogen-bond donors (Lipinski definition) is 1. The van der Waals surface area contributed by atoms with E-state index < -0.39 is 0 Å². The fraction of sp³-hybridized carbons (Fsp3) is 1.00. The summed E-state index contributed by atoms with van der Waals surface area (Å²) in [5.41, 5.74) is 0.868. The van der Waals surface area contributed by atoms with E-state index in [1.165, 1.54) is 19.3 Å². The largest absolute Gasteiger partial charge is 0.393 e. The minimum atomic E-state index is -0.0147. The molecule has 0 radical (unpaired) electrons. The zero-order chi connectivity index (χ0) is 12.6. The van der Waals surface area contributed by atoms with Gasteiger partial charge in [-0.25, -0.2) is 0 Å². The first-order chi connectivity index (χ1) is 7.77. The van der Waals surface area contributed by atoms with Crippen molar-refractivity contribution in [3.05, 3.63) is 0 Å². The van der Waals surface area contributed by atoms with E-state index in [9.17, 15) is 5.11 Å². The Kier molecular flexibility index (Phi) is 2.32. The van der Waals surface area contributed by atoms with Gasteiger partial charge in [0.2, 0.25) is 0 Å². The standard InChI is InChI=1S/C16H28O/c1-9-6-12-14(17)11-7-15(3,4)8-13(11)16(12,5)10(9)2/h9-14,17H,6-8H2,1-5H3/t9-,10-,11-,12-,13+,14-,16+/m0/s1. The van der Waals surface area contributed by atoms with Crippen molar-refractivity contribution in [1.29, 1.82) is 0 Å². The number of hydrogen-bond acceptors (Lipinski definition) is 1. The van der Waals surface area contributed by atoms with Crippen LogP contribution in [-0.4, -0.2) is 11.2 Å². The molecule has 3 aliphatic carbocycles. The Balaban J connectivity index is 1.98. The second-order valence-corrected chi connectivity index (χ2v) is 8.31. The highest BCUT2D eigenvalue weighted by atomic mass is 16.3. The lowest BCUT2D eigenvalue weighted by Crippen LogP contribution is -2.33. The Bertz CT molecular complexity index is 334. The molecule has 0 heterocycles. The van der Waals surface area contributed by atoms with Crippen LogP contribution in [0, 0.1) is 40.4 Å². The Morgan fingerprint density at radius 1 is 1.00 bits per heavy atom. The summed E-state index contributed by atoms with van der Waals surface area (Å²) in [6, 6.07) is 0. The van der Waals surface area contributed by atoms with Gasteiger partial charge in [-0.3, -0.25) is 0 Å². The molecule has 0 unspecified atom stereocenters. The van der Waals surface area contributed by atoms with E-state index in [4.69, 9.17) is 0 Å². The average Bonchev–Trinajstić information content (AvgIpc) is 2.73. The van der Waals surface area contributed by atoms with Crippen LogP contribution >= 0.6 is 0 Å². The molecule has 3 rings (SSSR count). The molecule has 0 amide bonds. The highest BCUT2D eigenvalue weighted by molar-refractivity contribution is 5.14. The molecule has 1 N–H and O–H groups in total. The third kappa shape index (κ3) is 1.35. The van der Waals surface area contributed by atoms with E-state index in [0.29, 0.717) is 22.7 Å². The molecule has 1 heteroatoms. The van der Waals surface area contributed by atoms with Gasteiger partial charge in [0.05, 0.1) is 6.10 Å². The first kappa shape index (κ1) is 12.0. The zero-order valence-electron chi connectivity index (χ0n) is 12.0. The van der Waals surface area contributed by atoms with Crippen molar-refractivity contribution in [2.45, 2.75) is 60.0 Å². The van der Waals surface area contributed by atoms with Gasteiger partial charge in [-0.2, -0.15) is 0 Å². The predicted molar refractivity (Wildman–Crippen MR) is 70.5 cm³/mol. The maximum atomic E-state index is 10.7. The average molecular weight is 236 g/mol. The summed E-state index contributed by atoms with van der Waals surface area (Å²) >= 11 is 0. The van der Waals surface area contributed by atoms with Gasteiger partial charge < -0.3 is 5.11 Å². The Hall–Kier alpha value is -0.0400. The van der Waals surface area contributed by atoms with Crippen LogP contribution in [0.25, 0.3) is 0 Å². The molecule has 0 aromatic heterocycles. The minimum absolute atomic E-state index is 0.0147. The van der Waals surface area contributed by atoms with Crippen molar-refractivity contribution in [2.75, 3.05) is 0 Å². The summed E-state index contributed by atoms with van der Waals surface area (Å²) in [6.07, 6.45) is 3.82. The highest BCUT2D eigenvalue weighted by Crippen LogP contribution is 2.69. The van der Waals surface area contributed by atoms with Gasteiger partial charge in [0.15, 0.2) is 0 Å². The molecule has 3 saturated carbocycles. The SMILES string of the molecule is C[C@H]1C[C@H]2[C@@H](O)[C@H]3CC(C)(C)C[C@H]3[C@]2(C)[C@H]1C. The summed E-state index contributed by atoms with van der Waals surface area (Å²) in [4.78, 5) is 0. The van der Waals surface area contributed by atoms with Crippen molar-refractivity contribution in [3.63, 3.8) is 0 Å². The molecular weight excluding hydrogens is 208 g/mol. The molecule has 0 bridgehead atoms. The van der Waals surface area contributed by atoms with Crippen LogP contribution in [0.3, 0.4) is 0 Å². The minimum Gasteiger partial charge on any atom is -0.393 e. The highest BCUT2D eigenvalue weighted by Gasteiger charge is 2.66. The van der Waals surface area contributed by atoms with Crippen LogP contribution in [0.15, 0.2) is 0 Å². The number of rotatable bonds is 0. The first-order valence-electron chi connectivity index (χ1n) is 7.45. The molecule has 0 spiro atoms. The predicted octanol–water partition coefficient (Wildman–Crippen LogP) is 3.71. The summed E-state index contributed by atoms with van der Waals surface area (Å²) in [7, 11) is 0. The molecule has 98 valence electrons. The van der Waals surface area contributed by atoms with Gasteiger partial charge in [0.25, 0.3) is 0 Å². The second kappa shape index (κ2) is 3.29. The molecule has 3 aliphatic rings. The maximum absolute atomic E-state index is 10.7. The second-order valence-electron chi connectivity index (χ2n) is 8.31. The molecule has 0 aromatic carbocycles. The van der Waals surface area contributed by atoms with Gasteiger partial charge in [0.1, 0.15) is 0 Å². The van der Waals surface area contributed by atoms with E-state index >= 15 is 0 Å². The van der Waals surface area contributed by atoms with Gasteiger partial charge in [0, 0.05) is 0 Å². The molecular formula is C16H28O. The third-order valence-corrected chi connectivity index (χ3v) is 6.99. The topological polar surface area (TPSA) is 20.2 Å². The third-order valence-electron chi connectivity index (χ3n) is 6.99. The van der Waals surface area contributed by atoms with Gasteiger partial charge in [-0.05, 0) is 59.7 Å². The van der Waals surface area contributed by atoms with Crippen molar-refractivity contribution in [3.8, 4) is 0 Å². The smallest absolute Gasteiger partial charge is 0.0605 e. The number of aliphatic hydroxyl groups excluding tert-OH is 1. The Morgan fingerprint density at radius 3 is 2.29 bits per heavy atom. The van der Waals surface area contributed by atoms with Gasteiger partial charge in [-0.1, -0.05) is 34.6 Å². The molecule has 0 aromatic rings. The van der Waals surface area contributed by atoms with E-state index in [-0.39, 0.29) is 6.10 Å². The normalized spacial score (nSPS) is 60.4. The van der Waals surface area contributed by atoms with Crippen LogP contribution < -0.4 is 0 Å². The van der Waals surface area contributed by atoms with Crippen molar-refractivity contribution in [1.82, 2.24) is 0 Å². The van der Waals surface area contributed by atoms with E-state index in [1.807, 2.05) is 0 Å². The molecule has 0 saturated heterocycles. The fourth-order valence-electron chi connectivity index (χ4n) is 5.88. The van der Waals surface area contributed by atoms with E-state index in [2.05, 4.69) is 34.6 Å². The quantitative estimate of drug-likeness (QED) is 0.680. The molecule has 1 nitrogen and oxygen atoms in total. The molecule has 17 heavy (non-hydrogen) atoms. The summed E-state index contributed by atoms with van der Waals surface area (Å²) in [5.74, 6) is 3.53. The van der Waals surface area contributed by atoms with E-state index in [1.54, 1.807) is 0 Å². The molecule has 3 fully saturated rings. The molecule has 0 aliphatic heterocycles. The van der Waals surface area contributed by atoms with Crippen LogP contribution in [0.4, 0.5) is 0 Å². The maximum Gasteiger partial charge on any atom is 0.0605 e. The lowest BCUT2D eigenvalue weighted by atomic mass is 9.67. The van der Waals surface area contributed by atoms with Crippen LogP contribution in [-0.2, 0) is 0 Å². The number of fused-ring (bicyclic) bond motifs is 3.